The summed E-state index contributed by atoms with van der Waals surface area (Å²) in [6.45, 7) is 0.685. The molecule has 0 unspecified atom stereocenters. The van der Waals surface area contributed by atoms with Gasteiger partial charge in [0.1, 0.15) is 18.0 Å². The molecule has 1 aliphatic heterocycles. The summed E-state index contributed by atoms with van der Waals surface area (Å²) in [6, 6.07) is 7.79. The number of hydrogen-bond donors (Lipinski definition) is 5. The number of hydrogen-bond acceptors (Lipinski definition) is 9. The van der Waals surface area contributed by atoms with Gasteiger partial charge in [0.2, 0.25) is 5.91 Å². The van der Waals surface area contributed by atoms with Crippen LogP contribution >= 0.6 is 11.6 Å². The average molecular weight is 595 g/mol. The van der Waals surface area contributed by atoms with Crippen LogP contribution in [0, 0.1) is 5.82 Å². The van der Waals surface area contributed by atoms with Crippen molar-refractivity contribution in [2.24, 2.45) is 0 Å². The predicted molar refractivity (Wildman–Crippen MR) is 155 cm³/mol. The van der Waals surface area contributed by atoms with Gasteiger partial charge in [0.15, 0.2) is 5.82 Å². The van der Waals surface area contributed by atoms with E-state index in [1.165, 1.54) is 36.3 Å². The number of imidazole rings is 1. The fourth-order valence-electron chi connectivity index (χ4n) is 4.65. The summed E-state index contributed by atoms with van der Waals surface area (Å²) in [5.41, 5.74) is 9.32. The summed E-state index contributed by atoms with van der Waals surface area (Å²) >= 11 is 6.00. The number of carbonyl (C=O) groups excluding carboxylic acids is 2. The molecule has 42 heavy (non-hydrogen) atoms. The Morgan fingerprint density at radius 3 is 2.88 bits per heavy atom. The number of ether oxygens (including phenoxy) is 1. The maximum Gasteiger partial charge on any atom is 0.411 e. The van der Waals surface area contributed by atoms with E-state index in [9.17, 15) is 14.0 Å². The molecule has 13 nitrogen and oxygen atoms in total. The van der Waals surface area contributed by atoms with Gasteiger partial charge in [-0.05, 0) is 59.7 Å². The quantitative estimate of drug-likeness (QED) is 0.209. The second-order valence-corrected chi connectivity index (χ2v) is 9.89. The largest absolute Gasteiger partial charge is 0.453 e. The highest BCUT2D eigenvalue weighted by Crippen LogP contribution is 2.35. The van der Waals surface area contributed by atoms with Crippen LogP contribution in [-0.4, -0.2) is 55.8 Å². The maximum atomic E-state index is 14.9. The van der Waals surface area contributed by atoms with Crippen molar-refractivity contribution in [3.8, 4) is 16.9 Å². The monoisotopic (exact) mass is 594 g/mol. The van der Waals surface area contributed by atoms with Gasteiger partial charge >= 0.3 is 6.09 Å². The molecule has 0 radical (unpaired) electrons. The van der Waals surface area contributed by atoms with Crippen LogP contribution < -0.4 is 21.7 Å². The molecule has 2 aromatic heterocycles. The molecule has 1 aliphatic rings. The van der Waals surface area contributed by atoms with Crippen LogP contribution in [0.4, 0.5) is 26.4 Å². The Hall–Kier alpha value is -4.98. The number of nitrogens with one attached hydrogen (secondary N) is 4. The summed E-state index contributed by atoms with van der Waals surface area (Å²) in [5.74, 6) is -0.440. The molecule has 0 spiro atoms. The number of nitrogens with two attached hydrogens (primary N) is 1. The van der Waals surface area contributed by atoms with Crippen molar-refractivity contribution in [3.05, 3.63) is 65.0 Å². The van der Waals surface area contributed by atoms with Crippen LogP contribution in [0.3, 0.4) is 0 Å². The molecular formula is C27H28ClFN10O3. The third-order valence-electron chi connectivity index (χ3n) is 6.71. The Labute approximate surface area is 244 Å². The van der Waals surface area contributed by atoms with Crippen molar-refractivity contribution in [2.45, 2.75) is 31.7 Å². The third kappa shape index (κ3) is 6.33. The molecule has 6 N–H and O–H groups in total. The summed E-state index contributed by atoms with van der Waals surface area (Å²) < 4.78 is 20.9. The van der Waals surface area contributed by atoms with Gasteiger partial charge in [-0.3, -0.25) is 10.1 Å². The first-order valence-electron chi connectivity index (χ1n) is 13.1. The van der Waals surface area contributed by atoms with Crippen molar-refractivity contribution < 1.29 is 18.7 Å². The van der Waals surface area contributed by atoms with Gasteiger partial charge in [0.25, 0.3) is 0 Å². The number of nitrogen functional groups attached to an aromatic ring is 1. The van der Waals surface area contributed by atoms with Gasteiger partial charge in [0.05, 0.1) is 29.6 Å². The topological polar surface area (TPSA) is 178 Å². The van der Waals surface area contributed by atoms with E-state index in [0.29, 0.717) is 35.9 Å². The summed E-state index contributed by atoms with van der Waals surface area (Å²) in [7, 11) is 1.29. The average Bonchev–Trinajstić information content (AvgIpc) is 3.65. The van der Waals surface area contributed by atoms with E-state index in [2.05, 4.69) is 41.4 Å². The Kier molecular flexibility index (Phi) is 8.62. The summed E-state index contributed by atoms with van der Waals surface area (Å²) in [4.78, 5) is 32.6. The first-order valence-corrected chi connectivity index (χ1v) is 13.5. The van der Waals surface area contributed by atoms with Gasteiger partial charge < -0.3 is 26.1 Å². The second kappa shape index (κ2) is 12.7. The standard InChI is InChI=1S/C27H28ClFN10O3/c1-42-27(41)33-15-6-7-16-20(13-15)31-12-4-2-3-5-19(26-35-24(16)25(30)36-26)34-22(40)11-8-17-21(39-14-32-37-38-39)10-9-18(28)23(17)29/h6-11,13-14,19,31H,2-5,12,30H2,1H3,(H,33,41)(H,34,40)(H,35,36)/b11-8+/t19-/m0/s1. The van der Waals surface area contributed by atoms with E-state index in [-0.39, 0.29) is 16.4 Å². The molecule has 15 heteroatoms. The van der Waals surface area contributed by atoms with Gasteiger partial charge in [0, 0.05) is 35.1 Å². The van der Waals surface area contributed by atoms with Gasteiger partial charge in [-0.25, -0.2) is 14.2 Å². The number of aromatic nitrogens is 6. The Bertz CT molecular complexity index is 1620. The van der Waals surface area contributed by atoms with Crippen LogP contribution in [0.2, 0.25) is 5.02 Å². The Balaban J connectivity index is 1.41. The molecule has 0 saturated heterocycles. The van der Waals surface area contributed by atoms with E-state index >= 15 is 0 Å². The van der Waals surface area contributed by atoms with Crippen LogP contribution in [0.25, 0.3) is 23.0 Å². The van der Waals surface area contributed by atoms with Crippen LogP contribution in [0.15, 0.2) is 42.7 Å². The molecule has 4 aromatic rings. The molecule has 2 amide bonds. The lowest BCUT2D eigenvalue weighted by atomic mass is 10.1. The number of rotatable bonds is 5. The molecule has 0 saturated carbocycles. The molecule has 0 fully saturated rings. The molecule has 0 aliphatic carbocycles. The number of benzene rings is 2. The highest BCUT2D eigenvalue weighted by Gasteiger charge is 2.22. The van der Waals surface area contributed by atoms with Crippen molar-refractivity contribution in [3.63, 3.8) is 0 Å². The second-order valence-electron chi connectivity index (χ2n) is 9.48. The minimum atomic E-state index is -0.708. The lowest BCUT2D eigenvalue weighted by Crippen LogP contribution is -2.28. The first kappa shape index (κ1) is 28.5. The zero-order chi connectivity index (χ0) is 29.6. The number of carbonyl (C=O) groups is 2. The number of anilines is 3. The molecule has 218 valence electrons. The minimum Gasteiger partial charge on any atom is -0.453 e. The van der Waals surface area contributed by atoms with Crippen molar-refractivity contribution in [1.82, 2.24) is 35.5 Å². The number of aromatic amines is 1. The van der Waals surface area contributed by atoms with Crippen molar-refractivity contribution >= 4 is 46.9 Å². The number of amides is 2. The van der Waals surface area contributed by atoms with Gasteiger partial charge in [-0.2, -0.15) is 4.68 Å². The molecule has 3 heterocycles. The number of methoxy groups -OCH3 is 1. The Morgan fingerprint density at radius 2 is 2.10 bits per heavy atom. The van der Waals surface area contributed by atoms with Crippen molar-refractivity contribution in [2.75, 3.05) is 30.0 Å². The fraction of sp³-hybridized carbons (Fsp3) is 0.259. The lowest BCUT2D eigenvalue weighted by molar-refractivity contribution is -0.117. The molecule has 2 bridgehead atoms. The smallest absolute Gasteiger partial charge is 0.411 e. The number of halogens is 2. The van der Waals surface area contributed by atoms with E-state index in [1.807, 2.05) is 6.07 Å². The number of nitrogens with zero attached hydrogens (tertiary/aromatic N) is 5. The molecule has 5 rings (SSSR count). The van der Waals surface area contributed by atoms with Crippen LogP contribution in [-0.2, 0) is 9.53 Å². The van der Waals surface area contributed by atoms with E-state index < -0.39 is 23.9 Å². The van der Waals surface area contributed by atoms with Crippen LogP contribution in [0.5, 0.6) is 0 Å². The van der Waals surface area contributed by atoms with Gasteiger partial charge in [-0.15, -0.1) is 5.10 Å². The van der Waals surface area contributed by atoms with E-state index in [1.54, 1.807) is 18.2 Å². The fourth-order valence-corrected chi connectivity index (χ4v) is 4.81. The molecule has 2 aromatic carbocycles. The van der Waals surface area contributed by atoms with Crippen LogP contribution in [0.1, 0.15) is 43.1 Å². The molecular weight excluding hydrogens is 567 g/mol. The number of H-pyrrole nitrogens is 1. The minimum absolute atomic E-state index is 0.0540. The zero-order valence-electron chi connectivity index (χ0n) is 22.5. The highest BCUT2D eigenvalue weighted by atomic mass is 35.5. The zero-order valence-corrected chi connectivity index (χ0v) is 23.3. The maximum absolute atomic E-state index is 14.9. The lowest BCUT2D eigenvalue weighted by Gasteiger charge is -2.18. The van der Waals surface area contributed by atoms with E-state index in [0.717, 1.165) is 30.5 Å². The highest BCUT2D eigenvalue weighted by molar-refractivity contribution is 6.31. The van der Waals surface area contributed by atoms with Crippen molar-refractivity contribution in [1.29, 1.82) is 0 Å². The Morgan fingerprint density at radius 1 is 1.24 bits per heavy atom. The number of tetrazole rings is 1. The molecule has 1 atom stereocenters. The SMILES string of the molecule is COC(=O)Nc1ccc2c(c1)NCCCCC[C@H](NC(=O)/C=C/c1c(-n3cnnn3)ccc(Cl)c1F)c1nc(N)c-2[nH]1. The predicted octanol–water partition coefficient (Wildman–Crippen LogP) is 4.46. The number of fused-ring (bicyclic) bond motifs is 4. The first-order chi connectivity index (χ1) is 20.3. The van der Waals surface area contributed by atoms with E-state index in [4.69, 9.17) is 22.1 Å². The van der Waals surface area contributed by atoms with Gasteiger partial charge in [-0.1, -0.05) is 24.4 Å². The third-order valence-corrected chi connectivity index (χ3v) is 7.00. The summed E-state index contributed by atoms with van der Waals surface area (Å²) in [5, 5.41) is 19.9. The normalized spacial score (nSPS) is 15.2. The summed E-state index contributed by atoms with van der Waals surface area (Å²) in [6.07, 6.45) is 6.44.